The number of carbonyl (C=O) groups excluding carboxylic acids is 1. The standard InChI is InChI=1S/C8H16N2O4/c1-10(2)5-7(11)14-4-3-6(9)8(12)13/h6H,3-5,9H2,1-2H3,(H,12,13)/t6-/m0/s1. The number of nitrogens with two attached hydrogens (primary N) is 1. The topological polar surface area (TPSA) is 92.9 Å². The lowest BCUT2D eigenvalue weighted by atomic mass is 10.2. The van der Waals surface area contributed by atoms with Gasteiger partial charge in [0.15, 0.2) is 0 Å². The number of hydrogen-bond acceptors (Lipinski definition) is 5. The second-order valence-corrected chi connectivity index (χ2v) is 3.19. The summed E-state index contributed by atoms with van der Waals surface area (Å²) in [6.45, 7) is 0.225. The maximum atomic E-state index is 11.0. The molecule has 0 aromatic rings. The molecule has 0 amide bonds. The summed E-state index contributed by atoms with van der Waals surface area (Å²) in [6.07, 6.45) is 0.133. The Bertz CT molecular complexity index is 206. The van der Waals surface area contributed by atoms with E-state index in [0.717, 1.165) is 0 Å². The van der Waals surface area contributed by atoms with Gasteiger partial charge in [0.05, 0.1) is 13.2 Å². The van der Waals surface area contributed by atoms with Gasteiger partial charge >= 0.3 is 11.9 Å². The van der Waals surface area contributed by atoms with Gasteiger partial charge in [-0.05, 0) is 14.1 Å². The van der Waals surface area contributed by atoms with Crippen molar-refractivity contribution in [3.63, 3.8) is 0 Å². The minimum atomic E-state index is -1.09. The molecule has 0 aliphatic heterocycles. The van der Waals surface area contributed by atoms with Crippen LogP contribution in [0.5, 0.6) is 0 Å². The molecule has 0 saturated heterocycles. The van der Waals surface area contributed by atoms with Crippen molar-refractivity contribution in [3.8, 4) is 0 Å². The molecule has 0 aromatic carbocycles. The molecule has 6 heteroatoms. The summed E-state index contributed by atoms with van der Waals surface area (Å²) in [5.41, 5.74) is 5.20. The van der Waals surface area contributed by atoms with Crippen LogP contribution in [0.15, 0.2) is 0 Å². The van der Waals surface area contributed by atoms with Crippen molar-refractivity contribution >= 4 is 11.9 Å². The van der Waals surface area contributed by atoms with Crippen molar-refractivity contribution in [1.29, 1.82) is 0 Å². The molecule has 0 bridgehead atoms. The van der Waals surface area contributed by atoms with Crippen LogP contribution >= 0.6 is 0 Å². The smallest absolute Gasteiger partial charge is 0.320 e. The maximum absolute atomic E-state index is 11.0. The molecule has 0 spiro atoms. The van der Waals surface area contributed by atoms with E-state index in [1.807, 2.05) is 0 Å². The molecule has 82 valence electrons. The molecule has 0 aliphatic carbocycles. The fraction of sp³-hybridized carbons (Fsp3) is 0.750. The summed E-state index contributed by atoms with van der Waals surface area (Å²) < 4.78 is 4.75. The molecule has 6 nitrogen and oxygen atoms in total. The van der Waals surface area contributed by atoms with Gasteiger partial charge in [-0.3, -0.25) is 14.5 Å². The Balaban J connectivity index is 3.54. The summed E-state index contributed by atoms with van der Waals surface area (Å²) in [6, 6.07) is -0.970. The minimum absolute atomic E-state index is 0.0418. The van der Waals surface area contributed by atoms with E-state index in [0.29, 0.717) is 0 Å². The molecule has 3 N–H and O–H groups in total. The van der Waals surface area contributed by atoms with Crippen LogP contribution in [0.25, 0.3) is 0 Å². The first-order chi connectivity index (χ1) is 6.43. The summed E-state index contributed by atoms with van der Waals surface area (Å²) in [4.78, 5) is 22.9. The van der Waals surface area contributed by atoms with Crippen LogP contribution in [0.4, 0.5) is 0 Å². The number of ether oxygens (including phenoxy) is 1. The van der Waals surface area contributed by atoms with Crippen molar-refractivity contribution in [1.82, 2.24) is 4.90 Å². The number of esters is 1. The quantitative estimate of drug-likeness (QED) is 0.533. The Morgan fingerprint density at radius 1 is 1.50 bits per heavy atom. The highest BCUT2D eigenvalue weighted by molar-refractivity contribution is 5.73. The number of likely N-dealkylation sites (N-methyl/N-ethyl adjacent to an activating group) is 1. The van der Waals surface area contributed by atoms with Gasteiger partial charge in [0, 0.05) is 6.42 Å². The van der Waals surface area contributed by atoms with Crippen molar-refractivity contribution in [2.45, 2.75) is 12.5 Å². The fourth-order valence-corrected chi connectivity index (χ4v) is 0.727. The lowest BCUT2D eigenvalue weighted by molar-refractivity contribution is -0.146. The summed E-state index contributed by atoms with van der Waals surface area (Å²) in [7, 11) is 3.48. The highest BCUT2D eigenvalue weighted by Gasteiger charge is 2.12. The Morgan fingerprint density at radius 2 is 2.07 bits per heavy atom. The van der Waals surface area contributed by atoms with Gasteiger partial charge in [-0.15, -0.1) is 0 Å². The Morgan fingerprint density at radius 3 is 2.50 bits per heavy atom. The molecule has 0 heterocycles. The molecule has 14 heavy (non-hydrogen) atoms. The highest BCUT2D eigenvalue weighted by Crippen LogP contribution is 1.91. The first-order valence-electron chi connectivity index (χ1n) is 4.22. The highest BCUT2D eigenvalue weighted by atomic mass is 16.5. The molecule has 0 radical (unpaired) electrons. The first kappa shape index (κ1) is 12.9. The lowest BCUT2D eigenvalue weighted by Crippen LogP contribution is -2.32. The van der Waals surface area contributed by atoms with E-state index >= 15 is 0 Å². The van der Waals surface area contributed by atoms with Gasteiger partial charge in [-0.2, -0.15) is 0 Å². The number of aliphatic carboxylic acids is 1. The zero-order chi connectivity index (χ0) is 11.1. The van der Waals surface area contributed by atoms with Gasteiger partial charge in [0.25, 0.3) is 0 Å². The van der Waals surface area contributed by atoms with E-state index in [9.17, 15) is 9.59 Å². The van der Waals surface area contributed by atoms with Crippen LogP contribution in [0.3, 0.4) is 0 Å². The zero-order valence-corrected chi connectivity index (χ0v) is 8.40. The van der Waals surface area contributed by atoms with Gasteiger partial charge in [0.1, 0.15) is 6.04 Å². The molecule has 0 unspecified atom stereocenters. The third-order valence-electron chi connectivity index (χ3n) is 1.45. The van der Waals surface area contributed by atoms with Crippen LogP contribution in [0, 0.1) is 0 Å². The number of hydrogen-bond donors (Lipinski definition) is 2. The van der Waals surface area contributed by atoms with Gasteiger partial charge < -0.3 is 15.6 Å². The van der Waals surface area contributed by atoms with Crippen LogP contribution in [0.2, 0.25) is 0 Å². The van der Waals surface area contributed by atoms with Crippen LogP contribution in [-0.2, 0) is 14.3 Å². The van der Waals surface area contributed by atoms with Gasteiger partial charge in [-0.1, -0.05) is 0 Å². The van der Waals surface area contributed by atoms with E-state index in [4.69, 9.17) is 15.6 Å². The fourth-order valence-electron chi connectivity index (χ4n) is 0.727. The molecule has 0 aromatic heterocycles. The van der Waals surface area contributed by atoms with E-state index in [1.165, 1.54) is 0 Å². The molecule has 0 fully saturated rings. The zero-order valence-electron chi connectivity index (χ0n) is 8.40. The summed E-state index contributed by atoms with van der Waals surface area (Å²) >= 11 is 0. The molecule has 1 atom stereocenters. The summed E-state index contributed by atoms with van der Waals surface area (Å²) in [5.74, 6) is -1.47. The normalized spacial score (nSPS) is 12.6. The van der Waals surface area contributed by atoms with E-state index < -0.39 is 12.0 Å². The second-order valence-electron chi connectivity index (χ2n) is 3.19. The van der Waals surface area contributed by atoms with E-state index in [1.54, 1.807) is 19.0 Å². The Hall–Kier alpha value is -1.14. The average Bonchev–Trinajstić information content (AvgIpc) is 2.02. The predicted molar refractivity (Wildman–Crippen MR) is 49.7 cm³/mol. The van der Waals surface area contributed by atoms with Crippen molar-refractivity contribution in [2.24, 2.45) is 5.73 Å². The number of rotatable bonds is 6. The number of carboxylic acids is 1. The van der Waals surface area contributed by atoms with Crippen LogP contribution in [-0.4, -0.2) is 55.2 Å². The maximum Gasteiger partial charge on any atom is 0.320 e. The second kappa shape index (κ2) is 6.33. The molecule has 0 rings (SSSR count). The number of nitrogens with zero attached hydrogens (tertiary/aromatic N) is 1. The van der Waals surface area contributed by atoms with Gasteiger partial charge in [0.2, 0.25) is 0 Å². The van der Waals surface area contributed by atoms with Crippen molar-refractivity contribution in [2.75, 3.05) is 27.2 Å². The monoisotopic (exact) mass is 204 g/mol. The van der Waals surface area contributed by atoms with Crippen molar-refractivity contribution in [3.05, 3.63) is 0 Å². The Kier molecular flexibility index (Phi) is 5.82. The third-order valence-corrected chi connectivity index (χ3v) is 1.45. The Labute approximate surface area is 82.6 Å². The predicted octanol–water partition coefficient (Wildman–Crippen LogP) is -1.11. The lowest BCUT2D eigenvalue weighted by Gasteiger charge is -2.10. The average molecular weight is 204 g/mol. The van der Waals surface area contributed by atoms with E-state index in [2.05, 4.69) is 0 Å². The summed E-state index contributed by atoms with van der Waals surface area (Å²) in [5, 5.41) is 8.42. The number of carboxylic acid groups (broad SMARTS) is 1. The third kappa shape index (κ3) is 6.38. The molecule has 0 aliphatic rings. The minimum Gasteiger partial charge on any atom is -0.480 e. The molecule has 0 saturated carbocycles. The van der Waals surface area contributed by atoms with Crippen molar-refractivity contribution < 1.29 is 19.4 Å². The first-order valence-corrected chi connectivity index (χ1v) is 4.22. The SMILES string of the molecule is CN(C)CC(=O)OCC[C@H](N)C(=O)O. The number of carbonyl (C=O) groups is 2. The largest absolute Gasteiger partial charge is 0.480 e. The van der Waals surface area contributed by atoms with Crippen LogP contribution < -0.4 is 5.73 Å². The van der Waals surface area contributed by atoms with Crippen LogP contribution in [0.1, 0.15) is 6.42 Å². The van der Waals surface area contributed by atoms with E-state index in [-0.39, 0.29) is 25.5 Å². The van der Waals surface area contributed by atoms with Gasteiger partial charge in [-0.25, -0.2) is 0 Å². The molecular weight excluding hydrogens is 188 g/mol. The molecular formula is C8H16N2O4.